The van der Waals surface area contributed by atoms with Crippen LogP contribution in [0.1, 0.15) is 49.1 Å². The Morgan fingerprint density at radius 1 is 0.560 bits per heavy atom. The van der Waals surface area contributed by atoms with Gasteiger partial charge >= 0.3 is 0 Å². The SMILES string of the molecule is CC(=O)c1ccc(C(=O)c2ccccc2)c(C(=O)c2ccccc2)c1. The standard InChI is InChI=1S/C22H16O3/c1-15(23)18-12-13-19(21(24)16-8-4-2-5-9-16)20(14-18)22(25)17-10-6-3-7-11-17/h2-14H,1H3. The molecule has 122 valence electrons. The molecule has 0 saturated heterocycles. The second kappa shape index (κ2) is 7.05. The van der Waals surface area contributed by atoms with Crippen molar-refractivity contribution >= 4 is 17.3 Å². The number of carbonyl (C=O) groups excluding carboxylic acids is 3. The molecule has 0 N–H and O–H groups in total. The van der Waals surface area contributed by atoms with Gasteiger partial charge in [-0.05, 0) is 19.1 Å². The van der Waals surface area contributed by atoms with E-state index >= 15 is 0 Å². The summed E-state index contributed by atoms with van der Waals surface area (Å²) in [5.41, 5.74) is 1.92. The van der Waals surface area contributed by atoms with Crippen molar-refractivity contribution in [3.8, 4) is 0 Å². The molecule has 3 heteroatoms. The predicted octanol–water partition coefficient (Wildman–Crippen LogP) is 4.35. The fourth-order valence-electron chi connectivity index (χ4n) is 2.64. The first-order chi connectivity index (χ1) is 12.1. The van der Waals surface area contributed by atoms with Crippen LogP contribution in [0.5, 0.6) is 0 Å². The van der Waals surface area contributed by atoms with Gasteiger partial charge in [0.05, 0.1) is 0 Å². The van der Waals surface area contributed by atoms with Crippen LogP contribution in [0, 0.1) is 0 Å². The molecule has 0 heterocycles. The van der Waals surface area contributed by atoms with Crippen molar-refractivity contribution in [2.45, 2.75) is 6.92 Å². The van der Waals surface area contributed by atoms with Crippen molar-refractivity contribution in [3.05, 3.63) is 107 Å². The van der Waals surface area contributed by atoms with Gasteiger partial charge in [0, 0.05) is 27.8 Å². The van der Waals surface area contributed by atoms with Crippen molar-refractivity contribution in [2.75, 3.05) is 0 Å². The van der Waals surface area contributed by atoms with Gasteiger partial charge in [0.25, 0.3) is 0 Å². The zero-order valence-electron chi connectivity index (χ0n) is 13.7. The highest BCUT2D eigenvalue weighted by molar-refractivity contribution is 6.20. The minimum absolute atomic E-state index is 0.152. The molecule has 0 spiro atoms. The van der Waals surface area contributed by atoms with E-state index in [2.05, 4.69) is 0 Å². The third kappa shape index (κ3) is 3.45. The van der Waals surface area contributed by atoms with E-state index in [1.807, 2.05) is 12.1 Å². The highest BCUT2D eigenvalue weighted by atomic mass is 16.1. The Balaban J connectivity index is 2.14. The third-order valence-electron chi connectivity index (χ3n) is 3.99. The van der Waals surface area contributed by atoms with E-state index < -0.39 is 0 Å². The molecule has 0 aliphatic heterocycles. The smallest absolute Gasteiger partial charge is 0.193 e. The summed E-state index contributed by atoms with van der Waals surface area (Å²) in [5.74, 6) is -0.668. The van der Waals surface area contributed by atoms with E-state index in [0.29, 0.717) is 22.3 Å². The lowest BCUT2D eigenvalue weighted by molar-refractivity contribution is 0.0999. The van der Waals surface area contributed by atoms with Gasteiger partial charge in [0.2, 0.25) is 0 Å². The number of hydrogen-bond acceptors (Lipinski definition) is 3. The van der Waals surface area contributed by atoms with E-state index in [1.54, 1.807) is 60.7 Å². The first kappa shape index (κ1) is 16.5. The summed E-state index contributed by atoms with van der Waals surface area (Å²) < 4.78 is 0. The predicted molar refractivity (Wildman–Crippen MR) is 96.2 cm³/mol. The first-order valence-electron chi connectivity index (χ1n) is 7.92. The van der Waals surface area contributed by atoms with Gasteiger partial charge in [0.15, 0.2) is 17.3 Å². The molecule has 0 aromatic heterocycles. The Hall–Kier alpha value is -3.33. The van der Waals surface area contributed by atoms with Crippen LogP contribution in [0.25, 0.3) is 0 Å². The number of ketones is 3. The molecule has 0 atom stereocenters. The summed E-state index contributed by atoms with van der Waals surface area (Å²) in [7, 11) is 0. The van der Waals surface area contributed by atoms with E-state index in [-0.39, 0.29) is 22.9 Å². The van der Waals surface area contributed by atoms with Crippen LogP contribution >= 0.6 is 0 Å². The van der Waals surface area contributed by atoms with Crippen molar-refractivity contribution < 1.29 is 14.4 Å². The Labute approximate surface area is 145 Å². The Bertz CT molecular complexity index is 942. The van der Waals surface area contributed by atoms with Gasteiger partial charge < -0.3 is 0 Å². The summed E-state index contributed by atoms with van der Waals surface area (Å²) in [6.45, 7) is 1.44. The molecular weight excluding hydrogens is 312 g/mol. The molecule has 25 heavy (non-hydrogen) atoms. The summed E-state index contributed by atoms with van der Waals surface area (Å²) in [6.07, 6.45) is 0. The van der Waals surface area contributed by atoms with Crippen LogP contribution in [-0.4, -0.2) is 17.3 Å². The number of benzene rings is 3. The van der Waals surface area contributed by atoms with E-state index in [4.69, 9.17) is 0 Å². The fourth-order valence-corrected chi connectivity index (χ4v) is 2.64. The Kier molecular flexibility index (Phi) is 4.66. The Morgan fingerprint density at radius 3 is 1.52 bits per heavy atom. The Morgan fingerprint density at radius 2 is 1.04 bits per heavy atom. The van der Waals surface area contributed by atoms with Gasteiger partial charge in [-0.3, -0.25) is 14.4 Å². The van der Waals surface area contributed by atoms with Gasteiger partial charge in [-0.2, -0.15) is 0 Å². The maximum atomic E-state index is 12.9. The van der Waals surface area contributed by atoms with Crippen LogP contribution in [-0.2, 0) is 0 Å². The molecule has 3 nitrogen and oxygen atoms in total. The summed E-state index contributed by atoms with van der Waals surface area (Å²) in [5, 5.41) is 0. The first-order valence-corrected chi connectivity index (χ1v) is 7.92. The van der Waals surface area contributed by atoms with Crippen molar-refractivity contribution in [1.29, 1.82) is 0 Å². The van der Waals surface area contributed by atoms with Crippen LogP contribution in [0.3, 0.4) is 0 Å². The molecule has 0 aliphatic carbocycles. The second-order valence-electron chi connectivity index (χ2n) is 5.71. The van der Waals surface area contributed by atoms with Crippen LogP contribution in [0.4, 0.5) is 0 Å². The van der Waals surface area contributed by atoms with Crippen LogP contribution < -0.4 is 0 Å². The minimum Gasteiger partial charge on any atom is -0.295 e. The van der Waals surface area contributed by atoms with Gasteiger partial charge in [-0.25, -0.2) is 0 Å². The molecule has 3 aromatic rings. The van der Waals surface area contributed by atoms with Crippen molar-refractivity contribution in [2.24, 2.45) is 0 Å². The number of hydrogen-bond donors (Lipinski definition) is 0. The lowest BCUT2D eigenvalue weighted by Crippen LogP contribution is -2.12. The molecule has 0 fully saturated rings. The van der Waals surface area contributed by atoms with Gasteiger partial charge in [-0.15, -0.1) is 0 Å². The molecule has 0 unspecified atom stereocenters. The highest BCUT2D eigenvalue weighted by Crippen LogP contribution is 2.20. The maximum Gasteiger partial charge on any atom is 0.193 e. The van der Waals surface area contributed by atoms with Crippen molar-refractivity contribution in [1.82, 2.24) is 0 Å². The molecule has 0 radical (unpaired) electrons. The van der Waals surface area contributed by atoms with Crippen LogP contribution in [0.15, 0.2) is 78.9 Å². The number of carbonyl (C=O) groups is 3. The molecule has 0 bridgehead atoms. The van der Waals surface area contributed by atoms with Crippen LogP contribution in [0.2, 0.25) is 0 Å². The molecule has 3 rings (SSSR count). The summed E-state index contributed by atoms with van der Waals surface area (Å²) >= 11 is 0. The minimum atomic E-state index is -0.275. The van der Waals surface area contributed by atoms with E-state index in [0.717, 1.165) is 0 Å². The van der Waals surface area contributed by atoms with E-state index in [9.17, 15) is 14.4 Å². The zero-order valence-corrected chi connectivity index (χ0v) is 13.7. The lowest BCUT2D eigenvalue weighted by Gasteiger charge is -2.10. The monoisotopic (exact) mass is 328 g/mol. The molecule has 0 amide bonds. The average molecular weight is 328 g/mol. The quantitative estimate of drug-likeness (QED) is 0.654. The molecular formula is C22H16O3. The fraction of sp³-hybridized carbons (Fsp3) is 0.0455. The number of Topliss-reactive ketones (excluding diaryl/α,β-unsaturated/α-hetero) is 1. The lowest BCUT2D eigenvalue weighted by atomic mass is 9.91. The van der Waals surface area contributed by atoms with Gasteiger partial charge in [-0.1, -0.05) is 66.7 Å². The zero-order chi connectivity index (χ0) is 17.8. The number of rotatable bonds is 5. The molecule has 0 saturated carbocycles. The highest BCUT2D eigenvalue weighted by Gasteiger charge is 2.20. The maximum absolute atomic E-state index is 12.9. The van der Waals surface area contributed by atoms with Gasteiger partial charge in [0.1, 0.15) is 0 Å². The third-order valence-corrected chi connectivity index (χ3v) is 3.99. The summed E-state index contributed by atoms with van der Waals surface area (Å²) in [4.78, 5) is 37.5. The molecule has 3 aromatic carbocycles. The van der Waals surface area contributed by atoms with E-state index in [1.165, 1.54) is 13.0 Å². The average Bonchev–Trinajstić information content (AvgIpc) is 2.67. The normalized spacial score (nSPS) is 10.3. The largest absolute Gasteiger partial charge is 0.295 e. The molecule has 0 aliphatic rings. The summed E-state index contributed by atoms with van der Waals surface area (Å²) in [6, 6.07) is 22.2. The topological polar surface area (TPSA) is 51.2 Å². The van der Waals surface area contributed by atoms with Crippen molar-refractivity contribution in [3.63, 3.8) is 0 Å². The second-order valence-corrected chi connectivity index (χ2v) is 5.71.